The number of ether oxygens (including phenoxy) is 1. The topological polar surface area (TPSA) is 66.8 Å². The second-order valence-corrected chi connectivity index (χ2v) is 7.15. The predicted octanol–water partition coefficient (Wildman–Crippen LogP) is 3.61. The number of aryl methyl sites for hydroxylation is 2. The van der Waals surface area contributed by atoms with Crippen molar-refractivity contribution in [1.82, 2.24) is 4.90 Å². The third-order valence-corrected chi connectivity index (χ3v) is 4.96. The van der Waals surface area contributed by atoms with Crippen LogP contribution in [0, 0.1) is 13.8 Å². The number of carbonyl (C=O) groups is 2. The quantitative estimate of drug-likeness (QED) is 0.877. The fourth-order valence-corrected chi connectivity index (χ4v) is 3.34. The Morgan fingerprint density at radius 2 is 1.85 bits per heavy atom. The minimum Gasteiger partial charge on any atom is -0.490 e. The van der Waals surface area contributed by atoms with Crippen LogP contribution in [-0.2, 0) is 11.2 Å². The molecule has 5 nitrogen and oxygen atoms in total. The van der Waals surface area contributed by atoms with Crippen LogP contribution < -0.4 is 4.74 Å². The van der Waals surface area contributed by atoms with Crippen LogP contribution in [-0.4, -0.2) is 41.1 Å². The zero-order valence-corrected chi connectivity index (χ0v) is 15.8. The van der Waals surface area contributed by atoms with E-state index < -0.39 is 5.97 Å². The van der Waals surface area contributed by atoms with Gasteiger partial charge in [0, 0.05) is 25.9 Å². The number of amides is 1. The van der Waals surface area contributed by atoms with Crippen molar-refractivity contribution >= 4 is 11.9 Å². The molecule has 1 N–H and O–H groups in total. The summed E-state index contributed by atoms with van der Waals surface area (Å²) in [6.07, 6.45) is 1.94. The SMILES string of the molecule is Cc1ccc(C)c(OC2CCN(C(=O)Cc3cccc(C(=O)O)c3)CC2)c1. The lowest BCUT2D eigenvalue weighted by Gasteiger charge is -2.32. The van der Waals surface area contributed by atoms with E-state index in [1.807, 2.05) is 18.7 Å². The number of hydrogen-bond acceptors (Lipinski definition) is 3. The summed E-state index contributed by atoms with van der Waals surface area (Å²) in [6, 6.07) is 12.8. The van der Waals surface area contributed by atoms with Crippen LogP contribution >= 0.6 is 0 Å². The van der Waals surface area contributed by atoms with Gasteiger partial charge in [-0.3, -0.25) is 4.79 Å². The van der Waals surface area contributed by atoms with Crippen molar-refractivity contribution in [3.63, 3.8) is 0 Å². The van der Waals surface area contributed by atoms with E-state index >= 15 is 0 Å². The molecule has 3 rings (SSSR count). The molecular weight excluding hydrogens is 342 g/mol. The van der Waals surface area contributed by atoms with Crippen LogP contribution in [0.5, 0.6) is 5.75 Å². The van der Waals surface area contributed by atoms with Crippen molar-refractivity contribution in [2.75, 3.05) is 13.1 Å². The summed E-state index contributed by atoms with van der Waals surface area (Å²) < 4.78 is 6.15. The van der Waals surface area contributed by atoms with Crippen molar-refractivity contribution in [3.05, 3.63) is 64.7 Å². The molecule has 142 valence electrons. The van der Waals surface area contributed by atoms with Gasteiger partial charge in [-0.1, -0.05) is 24.3 Å². The predicted molar refractivity (Wildman–Crippen MR) is 103 cm³/mol. The van der Waals surface area contributed by atoms with Gasteiger partial charge in [0.05, 0.1) is 12.0 Å². The van der Waals surface area contributed by atoms with Crippen molar-refractivity contribution in [2.24, 2.45) is 0 Å². The summed E-state index contributed by atoms with van der Waals surface area (Å²) in [5.74, 6) is -0.0262. The maximum absolute atomic E-state index is 12.6. The first-order chi connectivity index (χ1) is 12.9. The van der Waals surface area contributed by atoms with Crippen LogP contribution in [0.25, 0.3) is 0 Å². The third-order valence-electron chi connectivity index (χ3n) is 4.96. The van der Waals surface area contributed by atoms with Crippen molar-refractivity contribution in [2.45, 2.75) is 39.2 Å². The maximum atomic E-state index is 12.6. The average Bonchev–Trinajstić information content (AvgIpc) is 2.65. The standard InChI is InChI=1S/C22H25NO4/c1-15-6-7-16(2)20(12-15)27-19-8-10-23(11-9-19)21(24)14-17-4-3-5-18(13-17)22(25)26/h3-7,12-13,19H,8-11,14H2,1-2H3,(H,25,26). The molecule has 1 aliphatic heterocycles. The number of aromatic carboxylic acids is 1. The monoisotopic (exact) mass is 367 g/mol. The van der Waals surface area contributed by atoms with Gasteiger partial charge in [-0.25, -0.2) is 4.79 Å². The van der Waals surface area contributed by atoms with Crippen molar-refractivity contribution in [1.29, 1.82) is 0 Å². The van der Waals surface area contributed by atoms with E-state index in [0.717, 1.165) is 29.7 Å². The molecule has 1 fully saturated rings. The molecule has 0 bridgehead atoms. The van der Waals surface area contributed by atoms with Gasteiger partial charge in [0.1, 0.15) is 11.9 Å². The molecule has 1 heterocycles. The number of nitrogens with zero attached hydrogens (tertiary/aromatic N) is 1. The number of carboxylic acid groups (broad SMARTS) is 1. The van der Waals surface area contributed by atoms with Gasteiger partial charge in [-0.2, -0.15) is 0 Å². The lowest BCUT2D eigenvalue weighted by atomic mass is 10.0. The lowest BCUT2D eigenvalue weighted by Crippen LogP contribution is -2.42. The number of benzene rings is 2. The van der Waals surface area contributed by atoms with E-state index in [0.29, 0.717) is 13.1 Å². The first kappa shape index (κ1) is 19.0. The zero-order chi connectivity index (χ0) is 19.4. The summed E-state index contributed by atoms with van der Waals surface area (Å²) in [4.78, 5) is 25.5. The second-order valence-electron chi connectivity index (χ2n) is 7.15. The molecule has 5 heteroatoms. The molecule has 1 aliphatic rings. The Kier molecular flexibility index (Phi) is 5.79. The van der Waals surface area contributed by atoms with E-state index in [-0.39, 0.29) is 24.0 Å². The van der Waals surface area contributed by atoms with E-state index in [4.69, 9.17) is 9.84 Å². The smallest absolute Gasteiger partial charge is 0.335 e. The third kappa shape index (κ3) is 4.88. The first-order valence-electron chi connectivity index (χ1n) is 9.26. The van der Waals surface area contributed by atoms with Gasteiger partial charge in [0.15, 0.2) is 0 Å². The minimum absolute atomic E-state index is 0.0303. The molecule has 0 spiro atoms. The summed E-state index contributed by atoms with van der Waals surface area (Å²) >= 11 is 0. The van der Waals surface area contributed by atoms with E-state index in [2.05, 4.69) is 18.2 Å². The maximum Gasteiger partial charge on any atom is 0.335 e. The van der Waals surface area contributed by atoms with E-state index in [1.165, 1.54) is 11.6 Å². The van der Waals surface area contributed by atoms with Gasteiger partial charge < -0.3 is 14.7 Å². The Morgan fingerprint density at radius 3 is 2.56 bits per heavy atom. The lowest BCUT2D eigenvalue weighted by molar-refractivity contribution is -0.132. The number of likely N-dealkylation sites (tertiary alicyclic amines) is 1. The highest BCUT2D eigenvalue weighted by atomic mass is 16.5. The molecule has 2 aromatic carbocycles. The minimum atomic E-state index is -0.978. The highest BCUT2D eigenvalue weighted by Crippen LogP contribution is 2.24. The van der Waals surface area contributed by atoms with E-state index in [1.54, 1.807) is 18.2 Å². The normalized spacial score (nSPS) is 14.8. The molecule has 0 radical (unpaired) electrons. The largest absolute Gasteiger partial charge is 0.490 e. The number of piperidine rings is 1. The molecule has 27 heavy (non-hydrogen) atoms. The Bertz CT molecular complexity index is 838. The zero-order valence-electron chi connectivity index (χ0n) is 15.8. The molecular formula is C22H25NO4. The molecule has 0 saturated carbocycles. The van der Waals surface area contributed by atoms with Crippen LogP contribution in [0.2, 0.25) is 0 Å². The van der Waals surface area contributed by atoms with Gasteiger partial charge in [-0.05, 0) is 48.7 Å². The van der Waals surface area contributed by atoms with E-state index in [9.17, 15) is 9.59 Å². The van der Waals surface area contributed by atoms with Crippen molar-refractivity contribution in [3.8, 4) is 5.75 Å². The number of carboxylic acids is 1. The molecule has 0 aromatic heterocycles. The molecule has 2 aromatic rings. The summed E-state index contributed by atoms with van der Waals surface area (Å²) in [6.45, 7) is 5.41. The molecule has 0 atom stereocenters. The summed E-state index contributed by atoms with van der Waals surface area (Å²) in [5, 5.41) is 9.07. The Balaban J connectivity index is 1.54. The molecule has 1 saturated heterocycles. The molecule has 0 unspecified atom stereocenters. The molecule has 1 amide bonds. The Morgan fingerprint density at radius 1 is 1.11 bits per heavy atom. The second kappa shape index (κ2) is 8.25. The Labute approximate surface area is 159 Å². The van der Waals surface area contributed by atoms with Gasteiger partial charge >= 0.3 is 5.97 Å². The van der Waals surface area contributed by atoms with Gasteiger partial charge in [0.2, 0.25) is 5.91 Å². The van der Waals surface area contributed by atoms with Crippen LogP contribution in [0.4, 0.5) is 0 Å². The first-order valence-corrected chi connectivity index (χ1v) is 9.26. The van der Waals surface area contributed by atoms with Crippen LogP contribution in [0.15, 0.2) is 42.5 Å². The van der Waals surface area contributed by atoms with Crippen LogP contribution in [0.1, 0.15) is 39.9 Å². The highest BCUT2D eigenvalue weighted by Gasteiger charge is 2.24. The van der Waals surface area contributed by atoms with Crippen molar-refractivity contribution < 1.29 is 19.4 Å². The van der Waals surface area contributed by atoms with Crippen LogP contribution in [0.3, 0.4) is 0 Å². The average molecular weight is 367 g/mol. The fourth-order valence-electron chi connectivity index (χ4n) is 3.34. The Hall–Kier alpha value is -2.82. The summed E-state index contributed by atoms with van der Waals surface area (Å²) in [5.41, 5.74) is 3.24. The number of carbonyl (C=O) groups excluding carboxylic acids is 1. The number of hydrogen-bond donors (Lipinski definition) is 1. The molecule has 0 aliphatic carbocycles. The van der Waals surface area contributed by atoms with Gasteiger partial charge in [0.25, 0.3) is 0 Å². The number of rotatable bonds is 5. The fraction of sp³-hybridized carbons (Fsp3) is 0.364. The highest BCUT2D eigenvalue weighted by molar-refractivity contribution is 5.88. The van der Waals surface area contributed by atoms with Gasteiger partial charge in [-0.15, -0.1) is 0 Å². The summed E-state index contributed by atoms with van der Waals surface area (Å²) in [7, 11) is 0.